The van der Waals surface area contributed by atoms with Crippen LogP contribution in [0.4, 0.5) is 0 Å². The average molecular weight is 730 g/mol. The summed E-state index contributed by atoms with van der Waals surface area (Å²) in [6.07, 6.45) is -7.37. The number of hydrogen-bond acceptors (Lipinski definition) is 13. The second kappa shape index (κ2) is 16.1. The van der Waals surface area contributed by atoms with Crippen LogP contribution in [0.5, 0.6) is 0 Å². The van der Waals surface area contributed by atoms with Gasteiger partial charge in [0.15, 0.2) is 12.6 Å². The van der Waals surface area contributed by atoms with E-state index in [-0.39, 0.29) is 25.0 Å². The minimum Gasteiger partial charge on any atom is -0.489 e. The van der Waals surface area contributed by atoms with Crippen molar-refractivity contribution in [3.05, 3.63) is 11.3 Å². The molecule has 0 aromatic rings. The first-order valence-electron chi connectivity index (χ1n) is 18.9. The minimum atomic E-state index is -1.82. The number of ether oxygens (including phenoxy) is 7. The fourth-order valence-corrected chi connectivity index (χ4v) is 8.89. The van der Waals surface area contributed by atoms with Gasteiger partial charge in [0.05, 0.1) is 35.9 Å². The Morgan fingerprint density at radius 3 is 2.20 bits per heavy atom. The molecule has 13 heteroatoms. The molecule has 4 N–H and O–H groups in total. The van der Waals surface area contributed by atoms with E-state index in [0.29, 0.717) is 18.6 Å². The number of methoxy groups -OCH3 is 1. The van der Waals surface area contributed by atoms with Crippen LogP contribution in [-0.4, -0.2) is 136 Å². The number of aliphatic hydroxyl groups excluding tert-OH is 3. The standard InChI is InChI=1S/C38H67NO12/c1-14-26-38(11,44)31(41)21(5)29-19(3)17-37(10,51-29)33(50-35-28(40)25(39(12)15-2)16-20(4)46-35)22(6)30(23(7)34(43)48-26)49-27-18-36(9,45-13)32(42)24(8)47-27/h20-28,30-33,35,40-42,44H,14-18H2,1-13H3/t20-,21-,22+,23-,24+,25+,26+,27+,28-,30+,31-,32+,33-,35+,36-,37?,38-/m1/s1. The van der Waals surface area contributed by atoms with Gasteiger partial charge in [-0.15, -0.1) is 0 Å². The number of nitrogens with zero attached hydrogens (tertiary/aromatic N) is 1. The SMILES string of the molecule is CC[C@@H]1OC(=O)[C@H](C)[C@@H](O[C@H]2C[C@@](C)(OC)[C@@H](O)[C@H](C)O2)[C@H](C)[C@@H](O[C@@H]2O[C@H](C)C[C@H](N(C)CC)[C@H]2O)C2(C)CC(C)=C(O2)[C@@H](C)[C@@H](O)[C@]1(C)O. The monoisotopic (exact) mass is 729 g/mol. The molecular weight excluding hydrogens is 662 g/mol. The van der Waals surface area contributed by atoms with Crippen molar-refractivity contribution >= 4 is 5.97 Å². The molecule has 4 rings (SSSR count). The highest BCUT2D eigenvalue weighted by molar-refractivity contribution is 5.73. The van der Waals surface area contributed by atoms with Crippen molar-refractivity contribution in [3.8, 4) is 0 Å². The van der Waals surface area contributed by atoms with Crippen molar-refractivity contribution in [1.29, 1.82) is 0 Å². The van der Waals surface area contributed by atoms with E-state index in [1.807, 2.05) is 41.7 Å². The van der Waals surface area contributed by atoms with Crippen molar-refractivity contribution in [2.75, 3.05) is 20.7 Å². The molecule has 1 unspecified atom stereocenters. The Morgan fingerprint density at radius 1 is 0.961 bits per heavy atom. The summed E-state index contributed by atoms with van der Waals surface area (Å²) in [5, 5.41) is 46.0. The third-order valence-electron chi connectivity index (χ3n) is 12.4. The quantitative estimate of drug-likeness (QED) is 0.269. The maximum Gasteiger partial charge on any atom is 0.311 e. The Hall–Kier alpha value is -1.39. The number of rotatable bonds is 8. The van der Waals surface area contributed by atoms with E-state index in [1.165, 1.54) is 14.0 Å². The Morgan fingerprint density at radius 2 is 1.61 bits per heavy atom. The highest BCUT2D eigenvalue weighted by Crippen LogP contribution is 2.47. The normalized spacial score (nSPS) is 48.8. The Bertz CT molecular complexity index is 1230. The zero-order valence-electron chi connectivity index (χ0n) is 33.1. The molecule has 0 amide bonds. The topological polar surface area (TPSA) is 166 Å². The van der Waals surface area contributed by atoms with Crippen LogP contribution in [0.1, 0.15) is 102 Å². The molecule has 0 saturated carbocycles. The summed E-state index contributed by atoms with van der Waals surface area (Å²) >= 11 is 0. The molecule has 4 aliphatic rings. The van der Waals surface area contributed by atoms with Gasteiger partial charge in [-0.25, -0.2) is 0 Å². The lowest BCUT2D eigenvalue weighted by atomic mass is 9.78. The predicted octanol–water partition coefficient (Wildman–Crippen LogP) is 3.28. The molecule has 3 saturated heterocycles. The van der Waals surface area contributed by atoms with Crippen LogP contribution in [0.15, 0.2) is 11.3 Å². The number of carbonyl (C=O) groups excluding carboxylic acids is 1. The third kappa shape index (κ3) is 8.33. The molecule has 2 bridgehead atoms. The van der Waals surface area contributed by atoms with Crippen LogP contribution >= 0.6 is 0 Å². The van der Waals surface area contributed by atoms with Crippen molar-refractivity contribution in [2.24, 2.45) is 17.8 Å². The van der Waals surface area contributed by atoms with E-state index in [2.05, 4.69) is 4.90 Å². The summed E-state index contributed by atoms with van der Waals surface area (Å²) in [5.41, 5.74) is -3.00. The van der Waals surface area contributed by atoms with Gasteiger partial charge in [0.25, 0.3) is 0 Å². The van der Waals surface area contributed by atoms with Crippen LogP contribution < -0.4 is 0 Å². The van der Waals surface area contributed by atoms with Gasteiger partial charge in [0, 0.05) is 37.8 Å². The molecular formula is C38H67NO12. The molecule has 0 radical (unpaired) electrons. The van der Waals surface area contributed by atoms with Gasteiger partial charge in [-0.1, -0.05) is 27.7 Å². The van der Waals surface area contributed by atoms with Gasteiger partial charge >= 0.3 is 5.97 Å². The number of aliphatic hydroxyl groups is 4. The van der Waals surface area contributed by atoms with Crippen LogP contribution in [0.2, 0.25) is 0 Å². The first-order chi connectivity index (χ1) is 23.6. The molecule has 0 aliphatic carbocycles. The third-order valence-corrected chi connectivity index (χ3v) is 12.4. The smallest absolute Gasteiger partial charge is 0.311 e. The number of hydrogen-bond donors (Lipinski definition) is 4. The molecule has 0 aromatic carbocycles. The van der Waals surface area contributed by atoms with E-state index in [1.54, 1.807) is 34.6 Å². The van der Waals surface area contributed by atoms with E-state index in [4.69, 9.17) is 33.2 Å². The summed E-state index contributed by atoms with van der Waals surface area (Å²) in [5.74, 6) is -2.31. The van der Waals surface area contributed by atoms with Crippen molar-refractivity contribution in [1.82, 2.24) is 4.90 Å². The maximum atomic E-state index is 14.1. The Balaban J connectivity index is 1.84. The summed E-state index contributed by atoms with van der Waals surface area (Å²) in [4.78, 5) is 16.2. The van der Waals surface area contributed by atoms with Crippen molar-refractivity contribution in [3.63, 3.8) is 0 Å². The second-order valence-corrected chi connectivity index (χ2v) is 16.5. The number of cyclic esters (lactones) is 1. The molecule has 4 aliphatic heterocycles. The van der Waals surface area contributed by atoms with Gasteiger partial charge in [0.1, 0.15) is 41.4 Å². The molecule has 0 spiro atoms. The predicted molar refractivity (Wildman–Crippen MR) is 188 cm³/mol. The van der Waals surface area contributed by atoms with Crippen LogP contribution in [0.3, 0.4) is 0 Å². The number of likely N-dealkylation sites (N-methyl/N-ethyl adjacent to an activating group) is 1. The van der Waals surface area contributed by atoms with Crippen molar-refractivity contribution < 1.29 is 58.4 Å². The van der Waals surface area contributed by atoms with Gasteiger partial charge in [-0.2, -0.15) is 0 Å². The van der Waals surface area contributed by atoms with E-state index in [0.717, 1.165) is 12.1 Å². The fourth-order valence-electron chi connectivity index (χ4n) is 8.89. The van der Waals surface area contributed by atoms with Gasteiger partial charge in [0.2, 0.25) is 0 Å². The highest BCUT2D eigenvalue weighted by atomic mass is 16.7. The molecule has 296 valence electrons. The second-order valence-electron chi connectivity index (χ2n) is 16.5. The molecule has 4 heterocycles. The molecule has 0 aromatic heterocycles. The summed E-state index contributed by atoms with van der Waals surface area (Å²) < 4.78 is 44.8. The molecule has 13 nitrogen and oxygen atoms in total. The van der Waals surface area contributed by atoms with Crippen LogP contribution in [0, 0.1) is 17.8 Å². The lowest BCUT2D eigenvalue weighted by molar-refractivity contribution is -0.317. The zero-order chi connectivity index (χ0) is 38.4. The summed E-state index contributed by atoms with van der Waals surface area (Å²) in [6.45, 7) is 20.8. The Kier molecular flexibility index (Phi) is 13.4. The highest BCUT2D eigenvalue weighted by Gasteiger charge is 2.56. The van der Waals surface area contributed by atoms with Crippen molar-refractivity contribution in [2.45, 2.75) is 186 Å². The summed E-state index contributed by atoms with van der Waals surface area (Å²) in [6, 6.07) is -0.221. The zero-order valence-corrected chi connectivity index (χ0v) is 33.1. The van der Waals surface area contributed by atoms with Crippen LogP contribution in [0.25, 0.3) is 0 Å². The lowest BCUT2D eigenvalue weighted by Crippen LogP contribution is -2.60. The molecule has 17 atom stereocenters. The molecule has 51 heavy (non-hydrogen) atoms. The summed E-state index contributed by atoms with van der Waals surface area (Å²) in [7, 11) is 3.49. The fraction of sp³-hybridized carbons (Fsp3) is 0.921. The van der Waals surface area contributed by atoms with Gasteiger partial charge in [-0.05, 0) is 80.5 Å². The van der Waals surface area contributed by atoms with Gasteiger partial charge < -0.3 is 58.5 Å². The number of fused-ring (bicyclic) bond motifs is 2. The average Bonchev–Trinajstić information content (AvgIpc) is 3.40. The maximum absolute atomic E-state index is 14.1. The first kappa shape index (κ1) is 42.4. The van der Waals surface area contributed by atoms with E-state index < -0.39 is 95.8 Å². The van der Waals surface area contributed by atoms with Gasteiger partial charge in [-0.3, -0.25) is 4.79 Å². The first-order valence-corrected chi connectivity index (χ1v) is 18.9. The number of esters is 1. The number of carbonyl (C=O) groups is 1. The lowest BCUT2D eigenvalue weighted by Gasteiger charge is -2.48. The Labute approximate surface area is 304 Å². The van der Waals surface area contributed by atoms with Crippen LogP contribution in [-0.2, 0) is 38.0 Å². The largest absolute Gasteiger partial charge is 0.489 e. The van der Waals surface area contributed by atoms with E-state index in [9.17, 15) is 25.2 Å². The molecule has 3 fully saturated rings. The van der Waals surface area contributed by atoms with E-state index >= 15 is 0 Å². The minimum absolute atomic E-state index is 0.174.